The van der Waals surface area contributed by atoms with Crippen LogP contribution >= 0.6 is 0 Å². The van der Waals surface area contributed by atoms with Gasteiger partial charge in [-0.25, -0.2) is 0 Å². The molecule has 3 nitrogen and oxygen atoms in total. The number of hydrogen-bond donors (Lipinski definition) is 1. The van der Waals surface area contributed by atoms with Gasteiger partial charge in [-0.05, 0) is 25.7 Å². The summed E-state index contributed by atoms with van der Waals surface area (Å²) in [7, 11) is 0. The lowest BCUT2D eigenvalue weighted by Crippen LogP contribution is -2.35. The minimum absolute atomic E-state index is 0.153. The Labute approximate surface area is 93.6 Å². The summed E-state index contributed by atoms with van der Waals surface area (Å²) in [5.41, 5.74) is 0. The number of hydrogen-bond acceptors (Lipinski definition) is 3. The highest BCUT2D eigenvalue weighted by atomic mass is 16.5. The summed E-state index contributed by atoms with van der Waals surface area (Å²) in [6, 6.07) is 0.435. The highest BCUT2D eigenvalue weighted by Crippen LogP contribution is 2.11. The van der Waals surface area contributed by atoms with E-state index in [0.29, 0.717) is 25.1 Å². The highest BCUT2D eigenvalue weighted by molar-refractivity contribution is 5.71. The first kappa shape index (κ1) is 14.4. The van der Waals surface area contributed by atoms with Crippen LogP contribution < -0.4 is 5.32 Å². The Morgan fingerprint density at radius 3 is 2.40 bits per heavy atom. The van der Waals surface area contributed by atoms with Gasteiger partial charge in [0.1, 0.15) is 0 Å². The van der Waals surface area contributed by atoms with Crippen molar-refractivity contribution in [2.75, 3.05) is 13.2 Å². The molecule has 0 aromatic carbocycles. The smallest absolute Gasteiger partial charge is 0.319 e. The van der Waals surface area contributed by atoms with Gasteiger partial charge in [-0.3, -0.25) is 4.79 Å². The fourth-order valence-electron chi connectivity index (χ4n) is 1.49. The topological polar surface area (TPSA) is 38.3 Å². The van der Waals surface area contributed by atoms with E-state index in [4.69, 9.17) is 4.74 Å². The third-order valence-corrected chi connectivity index (χ3v) is 2.72. The molecule has 0 saturated carbocycles. The third-order valence-electron chi connectivity index (χ3n) is 2.72. The van der Waals surface area contributed by atoms with Gasteiger partial charge in [-0.1, -0.05) is 27.2 Å². The van der Waals surface area contributed by atoms with Crippen LogP contribution in [0.1, 0.15) is 47.0 Å². The van der Waals surface area contributed by atoms with Crippen molar-refractivity contribution in [3.63, 3.8) is 0 Å². The van der Waals surface area contributed by atoms with Gasteiger partial charge in [0, 0.05) is 6.04 Å². The van der Waals surface area contributed by atoms with Crippen molar-refractivity contribution >= 4 is 5.97 Å². The van der Waals surface area contributed by atoms with Crippen molar-refractivity contribution in [1.29, 1.82) is 0 Å². The largest absolute Gasteiger partial charge is 0.465 e. The number of rotatable bonds is 8. The number of esters is 1. The first-order valence-corrected chi connectivity index (χ1v) is 6.02. The van der Waals surface area contributed by atoms with Gasteiger partial charge in [0.2, 0.25) is 0 Å². The summed E-state index contributed by atoms with van der Waals surface area (Å²) in [6.45, 7) is 9.21. The molecule has 0 aliphatic rings. The lowest BCUT2D eigenvalue weighted by atomic mass is 9.98. The Morgan fingerprint density at radius 2 is 1.93 bits per heavy atom. The summed E-state index contributed by atoms with van der Waals surface area (Å²) in [5, 5.41) is 3.24. The van der Waals surface area contributed by atoms with Crippen LogP contribution in [0, 0.1) is 5.92 Å². The molecule has 15 heavy (non-hydrogen) atoms. The second kappa shape index (κ2) is 8.72. The molecule has 0 aromatic heterocycles. The molecule has 2 unspecified atom stereocenters. The summed E-state index contributed by atoms with van der Waals surface area (Å²) in [5.74, 6) is 0.560. The van der Waals surface area contributed by atoms with Crippen LogP contribution in [-0.2, 0) is 9.53 Å². The maximum atomic E-state index is 11.1. The van der Waals surface area contributed by atoms with Crippen molar-refractivity contribution in [3.8, 4) is 0 Å². The molecular weight excluding hydrogens is 190 g/mol. The Hall–Kier alpha value is -0.570. The molecule has 0 aromatic rings. The van der Waals surface area contributed by atoms with Gasteiger partial charge in [-0.2, -0.15) is 0 Å². The van der Waals surface area contributed by atoms with Gasteiger partial charge in [0.05, 0.1) is 13.2 Å². The van der Waals surface area contributed by atoms with Gasteiger partial charge in [0.15, 0.2) is 0 Å². The van der Waals surface area contributed by atoms with Crippen molar-refractivity contribution < 1.29 is 9.53 Å². The Bertz CT molecular complexity index is 171. The molecule has 0 saturated heterocycles. The maximum Gasteiger partial charge on any atom is 0.319 e. The van der Waals surface area contributed by atoms with Crippen LogP contribution in [0.15, 0.2) is 0 Å². The predicted molar refractivity (Wildman–Crippen MR) is 62.8 cm³/mol. The van der Waals surface area contributed by atoms with Crippen molar-refractivity contribution in [2.24, 2.45) is 5.92 Å². The van der Waals surface area contributed by atoms with E-state index < -0.39 is 0 Å². The van der Waals surface area contributed by atoms with Crippen LogP contribution in [0.4, 0.5) is 0 Å². The molecular formula is C12H25NO2. The average molecular weight is 215 g/mol. The minimum Gasteiger partial charge on any atom is -0.465 e. The van der Waals surface area contributed by atoms with Crippen molar-refractivity contribution in [2.45, 2.75) is 53.0 Å². The Balaban J connectivity index is 3.74. The molecule has 1 N–H and O–H groups in total. The SMILES string of the molecule is CCOC(=O)CNC(CC)CC(C)CC. The van der Waals surface area contributed by atoms with E-state index in [1.807, 2.05) is 6.92 Å². The standard InChI is InChI=1S/C12H25NO2/c1-5-10(4)8-11(6-2)13-9-12(14)15-7-3/h10-11,13H,5-9H2,1-4H3. The molecule has 3 heteroatoms. The summed E-state index contributed by atoms with van der Waals surface area (Å²) >= 11 is 0. The lowest BCUT2D eigenvalue weighted by Gasteiger charge is -2.19. The van der Waals surface area contributed by atoms with E-state index >= 15 is 0 Å². The van der Waals surface area contributed by atoms with E-state index in [1.165, 1.54) is 6.42 Å². The fraction of sp³-hybridized carbons (Fsp3) is 0.917. The van der Waals surface area contributed by atoms with Crippen LogP contribution in [0.5, 0.6) is 0 Å². The van der Waals surface area contributed by atoms with E-state index in [9.17, 15) is 4.79 Å². The van der Waals surface area contributed by atoms with E-state index in [-0.39, 0.29) is 5.97 Å². The molecule has 2 atom stereocenters. The maximum absolute atomic E-state index is 11.1. The lowest BCUT2D eigenvalue weighted by molar-refractivity contribution is -0.142. The first-order chi connectivity index (χ1) is 7.13. The number of ether oxygens (including phenoxy) is 1. The summed E-state index contributed by atoms with van der Waals surface area (Å²) in [4.78, 5) is 11.1. The first-order valence-electron chi connectivity index (χ1n) is 6.02. The van der Waals surface area contributed by atoms with Crippen molar-refractivity contribution in [1.82, 2.24) is 5.32 Å². The van der Waals surface area contributed by atoms with Gasteiger partial charge < -0.3 is 10.1 Å². The van der Waals surface area contributed by atoms with Gasteiger partial charge in [0.25, 0.3) is 0 Å². The summed E-state index contributed by atoms with van der Waals surface area (Å²) in [6.07, 6.45) is 3.38. The fourth-order valence-corrected chi connectivity index (χ4v) is 1.49. The summed E-state index contributed by atoms with van der Waals surface area (Å²) < 4.78 is 4.87. The van der Waals surface area contributed by atoms with Gasteiger partial charge in [-0.15, -0.1) is 0 Å². The monoisotopic (exact) mass is 215 g/mol. The average Bonchev–Trinajstić information content (AvgIpc) is 2.24. The quantitative estimate of drug-likeness (QED) is 0.632. The molecule has 0 spiro atoms. The predicted octanol–water partition coefficient (Wildman–Crippen LogP) is 2.35. The Morgan fingerprint density at radius 1 is 1.27 bits per heavy atom. The van der Waals surface area contributed by atoms with Crippen LogP contribution in [0.3, 0.4) is 0 Å². The van der Waals surface area contributed by atoms with E-state index in [1.54, 1.807) is 0 Å². The molecule has 0 aliphatic heterocycles. The molecule has 0 fully saturated rings. The highest BCUT2D eigenvalue weighted by Gasteiger charge is 2.11. The van der Waals surface area contributed by atoms with E-state index in [0.717, 1.165) is 12.8 Å². The second-order valence-electron chi connectivity index (χ2n) is 4.04. The molecule has 90 valence electrons. The van der Waals surface area contributed by atoms with Crippen LogP contribution in [0.2, 0.25) is 0 Å². The zero-order valence-electron chi connectivity index (χ0n) is 10.5. The third kappa shape index (κ3) is 7.37. The van der Waals surface area contributed by atoms with E-state index in [2.05, 4.69) is 26.1 Å². The molecule has 0 rings (SSSR count). The molecule has 0 heterocycles. The second-order valence-corrected chi connectivity index (χ2v) is 4.04. The number of carbonyl (C=O) groups excluding carboxylic acids is 1. The number of carbonyl (C=O) groups is 1. The van der Waals surface area contributed by atoms with Crippen molar-refractivity contribution in [3.05, 3.63) is 0 Å². The minimum atomic E-state index is -0.153. The van der Waals surface area contributed by atoms with Crippen LogP contribution in [0.25, 0.3) is 0 Å². The molecule has 0 aliphatic carbocycles. The van der Waals surface area contributed by atoms with Crippen LogP contribution in [-0.4, -0.2) is 25.2 Å². The number of nitrogens with one attached hydrogen (secondary N) is 1. The molecule has 0 radical (unpaired) electrons. The Kier molecular flexibility index (Phi) is 8.38. The zero-order valence-corrected chi connectivity index (χ0v) is 10.5. The molecule has 0 bridgehead atoms. The normalized spacial score (nSPS) is 14.7. The zero-order chi connectivity index (χ0) is 11.7. The van der Waals surface area contributed by atoms with Gasteiger partial charge >= 0.3 is 5.97 Å². The molecule has 0 amide bonds.